The van der Waals surface area contributed by atoms with Gasteiger partial charge in [0.15, 0.2) is 0 Å². The minimum atomic E-state index is 0.289. The largest absolute Gasteiger partial charge is 0.266 e. The summed E-state index contributed by atoms with van der Waals surface area (Å²) in [5.41, 5.74) is 3.23. The number of halogens is 2. The van der Waals surface area contributed by atoms with Crippen LogP contribution in [0.15, 0.2) is 52.5 Å². The molecule has 0 amide bonds. The molecule has 1 atom stereocenters. The van der Waals surface area contributed by atoms with Crippen LogP contribution in [0.5, 0.6) is 0 Å². The fourth-order valence-electron chi connectivity index (χ4n) is 2.90. The van der Waals surface area contributed by atoms with Crippen molar-refractivity contribution in [3.05, 3.63) is 68.7 Å². The van der Waals surface area contributed by atoms with Crippen LogP contribution >= 0.6 is 46.7 Å². The minimum Gasteiger partial charge on any atom is -0.266 e. The van der Waals surface area contributed by atoms with Crippen molar-refractivity contribution < 1.29 is 0 Å². The van der Waals surface area contributed by atoms with E-state index in [0.717, 1.165) is 27.8 Å². The zero-order valence-electron chi connectivity index (χ0n) is 14.6. The van der Waals surface area contributed by atoms with E-state index in [2.05, 4.69) is 41.3 Å². The summed E-state index contributed by atoms with van der Waals surface area (Å²) in [4.78, 5) is 5.72. The number of benzene rings is 2. The molecule has 0 saturated carbocycles. The van der Waals surface area contributed by atoms with Crippen molar-refractivity contribution >= 4 is 69.9 Å². The molecule has 1 aliphatic heterocycles. The van der Waals surface area contributed by atoms with Crippen molar-refractivity contribution in [1.29, 1.82) is 0 Å². The SMILES string of the molecule is CCSC1N=CC(=Cc2ccc3c(cnn3Cc3ccc(Cl)cc3Cl)c2)S1. The molecule has 138 valence electrons. The van der Waals surface area contributed by atoms with Gasteiger partial charge in [0.2, 0.25) is 0 Å². The standard InChI is InChI=1S/C20H17Cl2N3S2/c1-2-26-20-23-11-17(27-20)8-13-3-6-19-15(7-13)10-24-25(19)12-14-4-5-16(21)9-18(14)22/h3-11,20H,2,12H2,1H3. The number of aliphatic imine (C=N–C) groups is 1. The van der Waals surface area contributed by atoms with Crippen molar-refractivity contribution in [2.45, 2.75) is 18.2 Å². The second-order valence-electron chi connectivity index (χ2n) is 6.06. The quantitative estimate of drug-likeness (QED) is 0.454. The number of hydrogen-bond acceptors (Lipinski definition) is 4. The van der Waals surface area contributed by atoms with Gasteiger partial charge in [-0.25, -0.2) is 0 Å². The van der Waals surface area contributed by atoms with E-state index in [-0.39, 0.29) is 4.71 Å². The molecule has 3 aromatic rings. The number of allylic oxidation sites excluding steroid dienone is 1. The monoisotopic (exact) mass is 433 g/mol. The van der Waals surface area contributed by atoms with Gasteiger partial charge >= 0.3 is 0 Å². The molecule has 0 N–H and O–H groups in total. The van der Waals surface area contributed by atoms with Gasteiger partial charge in [0.1, 0.15) is 4.71 Å². The molecule has 0 fully saturated rings. The summed E-state index contributed by atoms with van der Waals surface area (Å²) in [6.07, 6.45) is 6.04. The third-order valence-electron chi connectivity index (χ3n) is 4.18. The topological polar surface area (TPSA) is 30.2 Å². The summed E-state index contributed by atoms with van der Waals surface area (Å²) < 4.78 is 2.25. The zero-order valence-corrected chi connectivity index (χ0v) is 17.7. The number of thioether (sulfide) groups is 2. The molecule has 1 unspecified atom stereocenters. The Bertz CT molecular complexity index is 1040. The number of aromatic nitrogens is 2. The van der Waals surface area contributed by atoms with Crippen LogP contribution in [0.1, 0.15) is 18.1 Å². The lowest BCUT2D eigenvalue weighted by Crippen LogP contribution is -2.01. The summed E-state index contributed by atoms with van der Waals surface area (Å²) in [6.45, 7) is 2.77. The van der Waals surface area contributed by atoms with E-state index in [9.17, 15) is 0 Å². The fourth-order valence-corrected chi connectivity index (χ4v) is 5.49. The van der Waals surface area contributed by atoms with E-state index in [1.54, 1.807) is 17.8 Å². The van der Waals surface area contributed by atoms with Gasteiger partial charge < -0.3 is 0 Å². The highest BCUT2D eigenvalue weighted by Crippen LogP contribution is 2.36. The van der Waals surface area contributed by atoms with Crippen molar-refractivity contribution in [2.24, 2.45) is 4.99 Å². The summed E-state index contributed by atoms with van der Waals surface area (Å²) >= 11 is 15.9. The molecule has 7 heteroatoms. The Balaban J connectivity index is 1.56. The molecule has 0 saturated heterocycles. The van der Waals surface area contributed by atoms with Crippen LogP contribution < -0.4 is 0 Å². The van der Waals surface area contributed by atoms with Gasteiger partial charge in [-0.15, -0.1) is 11.8 Å². The van der Waals surface area contributed by atoms with E-state index in [4.69, 9.17) is 23.2 Å². The second-order valence-corrected chi connectivity index (χ2v) is 9.71. The number of hydrogen-bond donors (Lipinski definition) is 0. The molecule has 0 bridgehead atoms. The summed E-state index contributed by atoms with van der Waals surface area (Å²) in [7, 11) is 0. The van der Waals surface area contributed by atoms with Gasteiger partial charge in [0, 0.05) is 26.6 Å². The normalized spacial score (nSPS) is 18.0. The Morgan fingerprint density at radius 3 is 2.93 bits per heavy atom. The smallest absolute Gasteiger partial charge is 0.145 e. The van der Waals surface area contributed by atoms with E-state index < -0.39 is 0 Å². The lowest BCUT2D eigenvalue weighted by atomic mass is 10.1. The molecule has 3 nitrogen and oxygen atoms in total. The van der Waals surface area contributed by atoms with E-state index in [1.807, 2.05) is 41.0 Å². The number of fused-ring (bicyclic) bond motifs is 1. The third-order valence-corrected chi connectivity index (χ3v) is 7.02. The lowest BCUT2D eigenvalue weighted by molar-refractivity contribution is 0.712. The summed E-state index contributed by atoms with van der Waals surface area (Å²) in [5, 5.41) is 6.93. The Labute approximate surface area is 176 Å². The maximum absolute atomic E-state index is 6.30. The van der Waals surface area contributed by atoms with E-state index in [1.165, 1.54) is 4.91 Å². The molecule has 2 heterocycles. The first-order valence-corrected chi connectivity index (χ1v) is 11.2. The average molecular weight is 434 g/mol. The van der Waals surface area contributed by atoms with Crippen molar-refractivity contribution in [3.63, 3.8) is 0 Å². The summed E-state index contributed by atoms with van der Waals surface area (Å²) in [6, 6.07) is 11.9. The Morgan fingerprint density at radius 1 is 1.22 bits per heavy atom. The van der Waals surface area contributed by atoms with Crippen LogP contribution in [0.3, 0.4) is 0 Å². The summed E-state index contributed by atoms with van der Waals surface area (Å²) in [5.74, 6) is 1.07. The van der Waals surface area contributed by atoms with Gasteiger partial charge in [-0.05, 0) is 47.2 Å². The second kappa shape index (κ2) is 8.31. The molecule has 1 aromatic heterocycles. The minimum absolute atomic E-state index is 0.289. The number of rotatable bonds is 5. The molecule has 0 radical (unpaired) electrons. The average Bonchev–Trinajstić information content (AvgIpc) is 3.25. The van der Waals surface area contributed by atoms with Crippen LogP contribution in [-0.4, -0.2) is 26.5 Å². The van der Waals surface area contributed by atoms with Gasteiger partial charge in [0.05, 0.1) is 18.3 Å². The van der Waals surface area contributed by atoms with Crippen LogP contribution in [0.25, 0.3) is 17.0 Å². The molecule has 0 aliphatic carbocycles. The zero-order chi connectivity index (χ0) is 18.8. The number of nitrogens with zero attached hydrogens (tertiary/aromatic N) is 3. The maximum Gasteiger partial charge on any atom is 0.145 e. The first-order valence-electron chi connectivity index (χ1n) is 8.55. The predicted octanol–water partition coefficient (Wildman–Crippen LogP) is 6.59. The lowest BCUT2D eigenvalue weighted by Gasteiger charge is -2.07. The molecule has 2 aromatic carbocycles. The first kappa shape index (κ1) is 18.9. The van der Waals surface area contributed by atoms with Crippen LogP contribution in [0.2, 0.25) is 10.0 Å². The molecule has 0 spiro atoms. The molecular weight excluding hydrogens is 417 g/mol. The Kier molecular flexibility index (Phi) is 5.83. The van der Waals surface area contributed by atoms with Crippen LogP contribution in [-0.2, 0) is 6.54 Å². The van der Waals surface area contributed by atoms with Crippen molar-refractivity contribution in [1.82, 2.24) is 9.78 Å². The third kappa shape index (κ3) is 4.37. The van der Waals surface area contributed by atoms with Gasteiger partial charge in [-0.1, -0.05) is 54.0 Å². The van der Waals surface area contributed by atoms with Crippen molar-refractivity contribution in [3.8, 4) is 0 Å². The molecule has 4 rings (SSSR count). The van der Waals surface area contributed by atoms with Crippen molar-refractivity contribution in [2.75, 3.05) is 5.75 Å². The first-order chi connectivity index (χ1) is 13.1. The molecule has 1 aliphatic rings. The van der Waals surface area contributed by atoms with E-state index >= 15 is 0 Å². The Hall–Kier alpha value is -1.40. The van der Waals surface area contributed by atoms with Gasteiger partial charge in [0.25, 0.3) is 0 Å². The maximum atomic E-state index is 6.30. The molecule has 27 heavy (non-hydrogen) atoms. The van der Waals surface area contributed by atoms with Crippen LogP contribution in [0.4, 0.5) is 0 Å². The Morgan fingerprint density at radius 2 is 2.11 bits per heavy atom. The predicted molar refractivity (Wildman–Crippen MR) is 121 cm³/mol. The van der Waals surface area contributed by atoms with Gasteiger partial charge in [-0.2, -0.15) is 5.10 Å². The van der Waals surface area contributed by atoms with E-state index in [0.29, 0.717) is 16.6 Å². The van der Waals surface area contributed by atoms with Gasteiger partial charge in [-0.3, -0.25) is 9.67 Å². The van der Waals surface area contributed by atoms with Crippen LogP contribution in [0, 0.1) is 0 Å². The molecular formula is C20H17Cl2N3S2. The highest BCUT2D eigenvalue weighted by Gasteiger charge is 2.15. The highest BCUT2D eigenvalue weighted by molar-refractivity contribution is 8.19. The fraction of sp³-hybridized carbons (Fsp3) is 0.200. The highest BCUT2D eigenvalue weighted by atomic mass is 35.5.